The summed E-state index contributed by atoms with van der Waals surface area (Å²) in [5.74, 6) is 0.597. The molecule has 4 aliphatic rings. The molecule has 1 fully saturated rings. The quantitative estimate of drug-likeness (QED) is 0.281. The Morgan fingerprint density at radius 1 is 1.29 bits per heavy atom. The Balaban J connectivity index is 1.59. The van der Waals surface area contributed by atoms with Crippen molar-refractivity contribution in [2.24, 2.45) is 0 Å². The Morgan fingerprint density at radius 2 is 2.07 bits per heavy atom. The second-order valence-corrected chi connectivity index (χ2v) is 11.5. The number of aryl methyl sites for hydroxylation is 1. The van der Waals surface area contributed by atoms with E-state index < -0.39 is 28.0 Å². The number of rotatable bonds is 5. The van der Waals surface area contributed by atoms with Crippen molar-refractivity contribution in [3.05, 3.63) is 80.2 Å². The van der Waals surface area contributed by atoms with Crippen molar-refractivity contribution in [2.75, 3.05) is 27.3 Å². The number of para-hydroxylation sites is 1. The predicted molar refractivity (Wildman–Crippen MR) is 148 cm³/mol. The number of aliphatic hydroxyl groups is 1. The fourth-order valence-corrected chi connectivity index (χ4v) is 8.10. The Labute approximate surface area is 237 Å². The molecule has 1 aromatic heterocycles. The number of hydrogen-bond donors (Lipinski definition) is 1. The van der Waals surface area contributed by atoms with Gasteiger partial charge in [-0.2, -0.15) is 0 Å². The average molecular weight is 558 g/mol. The summed E-state index contributed by atoms with van der Waals surface area (Å²) in [5, 5.41) is 25.2. The number of benzene rings is 2. The van der Waals surface area contributed by atoms with Crippen molar-refractivity contribution in [1.82, 2.24) is 9.88 Å². The molecule has 2 aliphatic heterocycles. The van der Waals surface area contributed by atoms with Gasteiger partial charge in [-0.1, -0.05) is 18.2 Å². The van der Waals surface area contributed by atoms with Crippen molar-refractivity contribution in [3.63, 3.8) is 0 Å². The molecule has 10 heteroatoms. The van der Waals surface area contributed by atoms with Gasteiger partial charge < -0.3 is 24.2 Å². The number of likely N-dealkylation sites (N-methyl/N-ethyl adjacent to an activating group) is 1. The Kier molecular flexibility index (Phi) is 5.52. The number of nitro benzene ring substituents is 1. The monoisotopic (exact) mass is 557 g/mol. The number of carbonyl (C=O) groups excluding carboxylic acids is 1. The second kappa shape index (κ2) is 8.74. The third-order valence-corrected chi connectivity index (χ3v) is 9.74. The summed E-state index contributed by atoms with van der Waals surface area (Å²) in [5.41, 5.74) is 2.24. The number of nitrogens with zero attached hydrogens (tertiary/aromatic N) is 3. The van der Waals surface area contributed by atoms with Gasteiger partial charge in [-0.3, -0.25) is 15.1 Å². The largest absolute Gasteiger partial charge is 0.493 e. The van der Waals surface area contributed by atoms with Crippen LogP contribution in [0.3, 0.4) is 0 Å². The molecule has 2 aromatic carbocycles. The molecule has 3 aromatic rings. The SMILES string of the molecule is CCOC(=O)c1c(C)nc2c(c1-c1ccccc1[N+](=O)[O-])CC1(O)C3Cc4ccc(OC)c5c4C1(CCN3C)C2O5. The Hall–Kier alpha value is -4.02. The zero-order valence-corrected chi connectivity index (χ0v) is 23.4. The molecule has 41 heavy (non-hydrogen) atoms. The van der Waals surface area contributed by atoms with Gasteiger partial charge in [0.2, 0.25) is 0 Å². The van der Waals surface area contributed by atoms with Crippen LogP contribution in [0.2, 0.25) is 0 Å². The second-order valence-electron chi connectivity index (χ2n) is 11.5. The Bertz CT molecular complexity index is 1660. The normalized spacial score (nSPS) is 27.0. The maximum atomic E-state index is 13.5. The van der Waals surface area contributed by atoms with Crippen molar-refractivity contribution in [2.45, 2.75) is 56.3 Å². The number of likely N-dealkylation sites (tertiary alicyclic amines) is 1. The van der Waals surface area contributed by atoms with Crippen LogP contribution in [-0.4, -0.2) is 64.8 Å². The highest BCUT2D eigenvalue weighted by atomic mass is 16.6. The number of nitro groups is 1. The van der Waals surface area contributed by atoms with Crippen LogP contribution in [-0.2, 0) is 23.0 Å². The van der Waals surface area contributed by atoms with E-state index in [1.165, 1.54) is 6.07 Å². The smallest absolute Gasteiger partial charge is 0.340 e. The molecule has 3 heterocycles. The first kappa shape index (κ1) is 25.9. The molecular formula is C31H31N3O7. The lowest BCUT2D eigenvalue weighted by Crippen LogP contribution is -2.74. The number of carbonyl (C=O) groups is 1. The van der Waals surface area contributed by atoms with Crippen molar-refractivity contribution in [3.8, 4) is 22.6 Å². The lowest BCUT2D eigenvalue weighted by Gasteiger charge is -2.62. The number of methoxy groups -OCH3 is 1. The number of fused-ring (bicyclic) bond motifs is 2. The molecule has 1 N–H and O–H groups in total. The minimum atomic E-state index is -1.30. The highest BCUT2D eigenvalue weighted by Crippen LogP contribution is 2.69. The predicted octanol–water partition coefficient (Wildman–Crippen LogP) is 4.07. The molecule has 1 spiro atoms. The maximum Gasteiger partial charge on any atom is 0.340 e. The van der Waals surface area contributed by atoms with Crippen LogP contribution >= 0.6 is 0 Å². The van der Waals surface area contributed by atoms with Crippen LogP contribution < -0.4 is 9.47 Å². The summed E-state index contributed by atoms with van der Waals surface area (Å²) in [7, 11) is 3.62. The Morgan fingerprint density at radius 3 is 2.80 bits per heavy atom. The van der Waals surface area contributed by atoms with Crippen LogP contribution in [0.5, 0.6) is 11.5 Å². The minimum Gasteiger partial charge on any atom is -0.493 e. The maximum absolute atomic E-state index is 13.5. The first-order valence-electron chi connectivity index (χ1n) is 13.9. The van der Waals surface area contributed by atoms with Crippen LogP contribution in [0.25, 0.3) is 11.1 Å². The van der Waals surface area contributed by atoms with Gasteiger partial charge in [-0.25, -0.2) is 4.79 Å². The molecule has 4 unspecified atom stereocenters. The fraction of sp³-hybridized carbons (Fsp3) is 0.419. The van der Waals surface area contributed by atoms with E-state index in [1.807, 2.05) is 13.1 Å². The first-order valence-corrected chi connectivity index (χ1v) is 13.9. The fourth-order valence-electron chi connectivity index (χ4n) is 8.10. The van der Waals surface area contributed by atoms with Gasteiger partial charge in [0.15, 0.2) is 17.6 Å². The topological polar surface area (TPSA) is 124 Å². The highest BCUT2D eigenvalue weighted by Gasteiger charge is 2.72. The number of piperidine rings is 1. The van der Waals surface area contributed by atoms with Gasteiger partial charge >= 0.3 is 5.97 Å². The van der Waals surface area contributed by atoms with Crippen LogP contribution in [0, 0.1) is 17.0 Å². The zero-order valence-electron chi connectivity index (χ0n) is 23.4. The van der Waals surface area contributed by atoms with E-state index in [0.29, 0.717) is 46.9 Å². The van der Waals surface area contributed by atoms with Gasteiger partial charge in [-0.05, 0) is 63.5 Å². The van der Waals surface area contributed by atoms with Crippen molar-refractivity contribution in [1.29, 1.82) is 0 Å². The highest BCUT2D eigenvalue weighted by molar-refractivity contribution is 6.01. The average Bonchev–Trinajstić information content (AvgIpc) is 3.30. The molecule has 2 aliphatic carbocycles. The van der Waals surface area contributed by atoms with Crippen molar-refractivity contribution >= 4 is 11.7 Å². The number of aromatic nitrogens is 1. The molecule has 4 atom stereocenters. The van der Waals surface area contributed by atoms with Gasteiger partial charge in [0.25, 0.3) is 5.69 Å². The lowest BCUT2D eigenvalue weighted by molar-refractivity contribution is -0.384. The molecular weight excluding hydrogens is 526 g/mol. The number of pyridine rings is 1. The molecule has 10 nitrogen and oxygen atoms in total. The summed E-state index contributed by atoms with van der Waals surface area (Å²) in [6.07, 6.45) is 0.718. The van der Waals surface area contributed by atoms with Crippen LogP contribution in [0.1, 0.15) is 57.9 Å². The molecule has 0 radical (unpaired) electrons. The van der Waals surface area contributed by atoms with E-state index in [0.717, 1.165) is 17.7 Å². The standard InChI is InChI=1S/C31H31N3O7/c1-5-40-29(35)23-16(2)32-26-19(24(23)18-8-6-7-9-20(18)34(37)38)15-31(36)22-14-17-10-11-21(39-4)27-25(17)30(31,28(26)41-27)12-13-33(22)3/h6-11,22,28,36H,5,12-15H2,1-4H3. The van der Waals surface area contributed by atoms with Crippen molar-refractivity contribution < 1.29 is 29.0 Å². The van der Waals surface area contributed by atoms with Gasteiger partial charge in [0.1, 0.15) is 0 Å². The van der Waals surface area contributed by atoms with E-state index >= 15 is 0 Å². The zero-order chi connectivity index (χ0) is 28.8. The van der Waals surface area contributed by atoms with Gasteiger partial charge in [-0.15, -0.1) is 0 Å². The van der Waals surface area contributed by atoms with E-state index in [4.69, 9.17) is 19.2 Å². The summed E-state index contributed by atoms with van der Waals surface area (Å²) < 4.78 is 17.9. The number of ether oxygens (including phenoxy) is 3. The molecule has 1 saturated heterocycles. The minimum absolute atomic E-state index is 0.134. The third-order valence-electron chi connectivity index (χ3n) is 9.74. The first-order chi connectivity index (χ1) is 19.7. The molecule has 2 bridgehead atoms. The molecule has 0 saturated carbocycles. The van der Waals surface area contributed by atoms with Crippen LogP contribution in [0.4, 0.5) is 5.69 Å². The lowest BCUT2D eigenvalue weighted by atomic mass is 9.48. The van der Waals surface area contributed by atoms with Crippen LogP contribution in [0.15, 0.2) is 36.4 Å². The third kappa shape index (κ3) is 3.14. The van der Waals surface area contributed by atoms with E-state index in [-0.39, 0.29) is 35.9 Å². The number of hydrogen-bond acceptors (Lipinski definition) is 9. The van der Waals surface area contributed by atoms with Gasteiger partial charge in [0, 0.05) is 29.7 Å². The molecule has 0 amide bonds. The summed E-state index contributed by atoms with van der Waals surface area (Å²) in [4.78, 5) is 32.4. The van der Waals surface area contributed by atoms with E-state index in [2.05, 4.69) is 11.0 Å². The summed E-state index contributed by atoms with van der Waals surface area (Å²) in [6.45, 7) is 4.32. The van der Waals surface area contributed by atoms with E-state index in [1.54, 1.807) is 39.2 Å². The molecule has 212 valence electrons. The summed E-state index contributed by atoms with van der Waals surface area (Å²) >= 11 is 0. The van der Waals surface area contributed by atoms with Gasteiger partial charge in [0.05, 0.1) is 52.2 Å². The molecule has 7 rings (SSSR count). The number of esters is 1. The summed E-state index contributed by atoms with van der Waals surface area (Å²) in [6, 6.07) is 10.1. The van der Waals surface area contributed by atoms with E-state index in [9.17, 15) is 20.0 Å².